The van der Waals surface area contributed by atoms with Crippen molar-refractivity contribution in [3.8, 4) is 0 Å². The predicted molar refractivity (Wildman–Crippen MR) is 37.0 cm³/mol. The highest BCUT2D eigenvalue weighted by atomic mass is 16.3. The van der Waals surface area contributed by atoms with Gasteiger partial charge in [0.15, 0.2) is 0 Å². The lowest BCUT2D eigenvalue weighted by Crippen LogP contribution is -2.30. The minimum absolute atomic E-state index is 0.110. The fourth-order valence-electron chi connectivity index (χ4n) is 1.11. The van der Waals surface area contributed by atoms with Gasteiger partial charge in [0.2, 0.25) is 0 Å². The molecule has 0 saturated carbocycles. The zero-order chi connectivity index (χ0) is 6.53. The Morgan fingerprint density at radius 2 is 2.44 bits per heavy atom. The molecule has 2 N–H and O–H groups in total. The average Bonchev–Trinajstić information content (AvgIpc) is 1.91. The van der Waals surface area contributed by atoms with Gasteiger partial charge in [-0.3, -0.25) is 5.32 Å². The number of allylic oxidation sites excluding steroid dienone is 1. The summed E-state index contributed by atoms with van der Waals surface area (Å²) in [5, 5.41) is 11.5. The molecule has 52 valence electrons. The third-order valence-electron chi connectivity index (χ3n) is 1.65. The lowest BCUT2D eigenvalue weighted by atomic mass is 10.0. The molecule has 2 heteroatoms. The maximum atomic E-state index is 8.48. The summed E-state index contributed by atoms with van der Waals surface area (Å²) in [7, 11) is 0. The van der Waals surface area contributed by atoms with Crippen molar-refractivity contribution in [2.75, 3.05) is 6.73 Å². The van der Waals surface area contributed by atoms with Crippen LogP contribution in [0.1, 0.15) is 19.3 Å². The molecule has 1 unspecified atom stereocenters. The van der Waals surface area contributed by atoms with Crippen LogP contribution in [0.4, 0.5) is 0 Å². The van der Waals surface area contributed by atoms with E-state index in [1.165, 1.54) is 0 Å². The summed E-state index contributed by atoms with van der Waals surface area (Å²) in [6, 6.07) is 0.514. The fourth-order valence-corrected chi connectivity index (χ4v) is 1.11. The van der Waals surface area contributed by atoms with E-state index in [0.29, 0.717) is 6.04 Å². The highest BCUT2D eigenvalue weighted by Crippen LogP contribution is 2.09. The molecule has 2 nitrogen and oxygen atoms in total. The van der Waals surface area contributed by atoms with Gasteiger partial charge in [0, 0.05) is 6.04 Å². The van der Waals surface area contributed by atoms with Gasteiger partial charge in [0.05, 0.1) is 6.73 Å². The smallest absolute Gasteiger partial charge is 0.0933 e. The molecule has 0 saturated heterocycles. The van der Waals surface area contributed by atoms with E-state index in [-0.39, 0.29) is 6.73 Å². The largest absolute Gasteiger partial charge is 0.381 e. The predicted octanol–water partition coefficient (Wildman–Crippen LogP) is 0.635. The van der Waals surface area contributed by atoms with E-state index in [2.05, 4.69) is 17.5 Å². The van der Waals surface area contributed by atoms with E-state index in [1.54, 1.807) is 0 Å². The van der Waals surface area contributed by atoms with E-state index in [1.807, 2.05) is 0 Å². The minimum Gasteiger partial charge on any atom is -0.381 e. The topological polar surface area (TPSA) is 32.3 Å². The Balaban J connectivity index is 2.18. The van der Waals surface area contributed by atoms with Gasteiger partial charge in [-0.2, -0.15) is 0 Å². The van der Waals surface area contributed by atoms with E-state index in [0.717, 1.165) is 19.3 Å². The quantitative estimate of drug-likeness (QED) is 0.421. The maximum Gasteiger partial charge on any atom is 0.0933 e. The molecule has 0 amide bonds. The minimum atomic E-state index is 0.110. The molecule has 1 atom stereocenters. The summed E-state index contributed by atoms with van der Waals surface area (Å²) in [4.78, 5) is 0. The molecule has 0 bridgehead atoms. The molecule has 0 spiro atoms. The standard InChI is InChI=1S/C7H13NO/c9-6-8-7-4-2-1-3-5-7/h1-2,7-9H,3-6H2. The lowest BCUT2D eigenvalue weighted by Gasteiger charge is -2.17. The summed E-state index contributed by atoms with van der Waals surface area (Å²) in [6.45, 7) is 0.110. The van der Waals surface area contributed by atoms with E-state index in [4.69, 9.17) is 5.11 Å². The molecule has 1 aliphatic rings. The molecule has 0 aromatic rings. The summed E-state index contributed by atoms with van der Waals surface area (Å²) >= 11 is 0. The third kappa shape index (κ3) is 2.16. The van der Waals surface area contributed by atoms with Crippen LogP contribution in [0, 0.1) is 0 Å². The summed E-state index contributed by atoms with van der Waals surface area (Å²) in [5.41, 5.74) is 0. The molecule has 9 heavy (non-hydrogen) atoms. The Hall–Kier alpha value is -0.340. The zero-order valence-corrected chi connectivity index (χ0v) is 5.51. The first-order chi connectivity index (χ1) is 4.43. The van der Waals surface area contributed by atoms with Crippen LogP contribution in [0.15, 0.2) is 12.2 Å². The Kier molecular flexibility index (Phi) is 2.74. The summed E-state index contributed by atoms with van der Waals surface area (Å²) < 4.78 is 0. The van der Waals surface area contributed by atoms with Gasteiger partial charge in [-0.05, 0) is 19.3 Å². The van der Waals surface area contributed by atoms with Crippen LogP contribution in [0.25, 0.3) is 0 Å². The molecule has 1 rings (SSSR count). The highest BCUT2D eigenvalue weighted by molar-refractivity contribution is 4.92. The van der Waals surface area contributed by atoms with Gasteiger partial charge in [-0.25, -0.2) is 0 Å². The van der Waals surface area contributed by atoms with E-state index >= 15 is 0 Å². The summed E-state index contributed by atoms with van der Waals surface area (Å²) in [5.74, 6) is 0. The van der Waals surface area contributed by atoms with Gasteiger partial charge in [-0.1, -0.05) is 12.2 Å². The molecule has 0 heterocycles. The molecule has 1 aliphatic carbocycles. The zero-order valence-electron chi connectivity index (χ0n) is 5.51. The number of hydrogen-bond donors (Lipinski definition) is 2. The Bertz CT molecular complexity index is 101. The van der Waals surface area contributed by atoms with Crippen molar-refractivity contribution in [2.45, 2.75) is 25.3 Å². The lowest BCUT2D eigenvalue weighted by molar-refractivity contribution is 0.236. The fraction of sp³-hybridized carbons (Fsp3) is 0.714. The number of rotatable bonds is 2. The molecule has 0 aliphatic heterocycles. The van der Waals surface area contributed by atoms with Crippen LogP contribution in [-0.4, -0.2) is 17.9 Å². The first-order valence-corrected chi connectivity index (χ1v) is 3.42. The van der Waals surface area contributed by atoms with Crippen molar-refractivity contribution in [1.82, 2.24) is 5.32 Å². The van der Waals surface area contributed by atoms with Crippen LogP contribution in [0.5, 0.6) is 0 Å². The number of nitrogens with one attached hydrogen (secondary N) is 1. The normalized spacial score (nSPS) is 26.6. The molecular weight excluding hydrogens is 114 g/mol. The first kappa shape index (κ1) is 6.78. The second-order valence-electron chi connectivity index (χ2n) is 2.34. The Labute approximate surface area is 55.6 Å². The number of aliphatic hydroxyl groups is 1. The van der Waals surface area contributed by atoms with Crippen molar-refractivity contribution in [3.63, 3.8) is 0 Å². The van der Waals surface area contributed by atoms with Crippen molar-refractivity contribution >= 4 is 0 Å². The van der Waals surface area contributed by atoms with Crippen LogP contribution >= 0.6 is 0 Å². The van der Waals surface area contributed by atoms with Gasteiger partial charge < -0.3 is 5.11 Å². The van der Waals surface area contributed by atoms with Crippen LogP contribution in [0.3, 0.4) is 0 Å². The van der Waals surface area contributed by atoms with Gasteiger partial charge in [-0.15, -0.1) is 0 Å². The maximum absolute atomic E-state index is 8.48. The Morgan fingerprint density at radius 1 is 1.56 bits per heavy atom. The van der Waals surface area contributed by atoms with Crippen LogP contribution in [-0.2, 0) is 0 Å². The molecular formula is C7H13NO. The second-order valence-corrected chi connectivity index (χ2v) is 2.34. The summed E-state index contributed by atoms with van der Waals surface area (Å²) in [6.07, 6.45) is 7.74. The second kappa shape index (κ2) is 3.64. The number of hydrogen-bond acceptors (Lipinski definition) is 2. The van der Waals surface area contributed by atoms with Crippen molar-refractivity contribution < 1.29 is 5.11 Å². The van der Waals surface area contributed by atoms with E-state index in [9.17, 15) is 0 Å². The molecule has 0 aromatic heterocycles. The van der Waals surface area contributed by atoms with Crippen molar-refractivity contribution in [3.05, 3.63) is 12.2 Å². The van der Waals surface area contributed by atoms with Gasteiger partial charge >= 0.3 is 0 Å². The average molecular weight is 127 g/mol. The SMILES string of the molecule is OCNC1CC=CCC1. The van der Waals surface area contributed by atoms with E-state index < -0.39 is 0 Å². The van der Waals surface area contributed by atoms with Gasteiger partial charge in [0.25, 0.3) is 0 Å². The van der Waals surface area contributed by atoms with Crippen molar-refractivity contribution in [1.29, 1.82) is 0 Å². The molecule has 0 aromatic carbocycles. The number of aliphatic hydroxyl groups excluding tert-OH is 1. The highest BCUT2D eigenvalue weighted by Gasteiger charge is 2.06. The third-order valence-corrected chi connectivity index (χ3v) is 1.65. The first-order valence-electron chi connectivity index (χ1n) is 3.42. The van der Waals surface area contributed by atoms with Gasteiger partial charge in [0.1, 0.15) is 0 Å². The molecule has 0 radical (unpaired) electrons. The molecule has 0 fully saturated rings. The van der Waals surface area contributed by atoms with Crippen LogP contribution < -0.4 is 5.32 Å². The van der Waals surface area contributed by atoms with Crippen LogP contribution in [0.2, 0.25) is 0 Å². The Morgan fingerprint density at radius 3 is 3.00 bits per heavy atom. The monoisotopic (exact) mass is 127 g/mol. The van der Waals surface area contributed by atoms with Crippen molar-refractivity contribution in [2.24, 2.45) is 0 Å².